The van der Waals surface area contributed by atoms with Gasteiger partial charge in [-0.3, -0.25) is 0 Å². The average molecular weight is 462 g/mol. The topological polar surface area (TPSA) is 0 Å². The van der Waals surface area contributed by atoms with Gasteiger partial charge >= 0.3 is 177 Å². The Bertz CT molecular complexity index is 980. The normalized spacial score (nSPS) is 11.4. The molecular weight excluding hydrogens is 441 g/mol. The van der Waals surface area contributed by atoms with E-state index in [2.05, 4.69) is 142 Å². The van der Waals surface area contributed by atoms with Crippen molar-refractivity contribution < 1.29 is 0 Å². The van der Waals surface area contributed by atoms with Crippen molar-refractivity contribution in [2.75, 3.05) is 0 Å². The summed E-state index contributed by atoms with van der Waals surface area (Å²) in [6.07, 6.45) is 0. The molecule has 0 nitrogen and oxygen atoms in total. The Morgan fingerprint density at radius 1 is 0.500 bits per heavy atom. The number of benzene rings is 4. The molecule has 0 heterocycles. The molecular formula is C25H21P2Se-. The standard InChI is InChI=1S/C25H21P2Se/c28-27(24-17-9-3-10-18-24,25-19-11-4-12-20-25)21-26(22-13-5-1-6-14-22)23-15-7-2-8-16-23/h1-21H/q-1. The van der Waals surface area contributed by atoms with E-state index in [9.17, 15) is 0 Å². The molecule has 0 radical (unpaired) electrons. The van der Waals surface area contributed by atoms with Crippen LogP contribution in [0.4, 0.5) is 0 Å². The SMILES string of the molecule is [Se-]P(=CP(c1ccccc1)c1ccccc1)(c1ccccc1)c1ccccc1. The van der Waals surface area contributed by atoms with E-state index in [4.69, 9.17) is 0 Å². The van der Waals surface area contributed by atoms with Crippen molar-refractivity contribution in [3.8, 4) is 0 Å². The number of rotatable bonds is 5. The predicted molar refractivity (Wildman–Crippen MR) is 130 cm³/mol. The van der Waals surface area contributed by atoms with Crippen LogP contribution >= 0.6 is 13.5 Å². The van der Waals surface area contributed by atoms with Crippen LogP contribution in [0.5, 0.6) is 0 Å². The van der Waals surface area contributed by atoms with E-state index in [1.165, 1.54) is 21.2 Å². The molecule has 4 rings (SSSR count). The zero-order valence-corrected chi connectivity index (χ0v) is 18.9. The summed E-state index contributed by atoms with van der Waals surface area (Å²) in [6.45, 7) is 0. The van der Waals surface area contributed by atoms with Gasteiger partial charge in [-0.1, -0.05) is 0 Å². The van der Waals surface area contributed by atoms with Gasteiger partial charge in [0.05, 0.1) is 0 Å². The maximum absolute atomic E-state index is 3.66. The molecule has 0 saturated heterocycles. The Balaban J connectivity index is 1.97. The molecule has 4 aromatic carbocycles. The second-order valence-electron chi connectivity index (χ2n) is 6.49. The van der Waals surface area contributed by atoms with Crippen LogP contribution < -0.4 is 21.2 Å². The van der Waals surface area contributed by atoms with Crippen molar-refractivity contribution >= 4 is 55.8 Å². The third-order valence-corrected chi connectivity index (χ3v) is 15.1. The van der Waals surface area contributed by atoms with E-state index in [0.717, 1.165) is 0 Å². The molecule has 138 valence electrons. The van der Waals surface area contributed by atoms with Gasteiger partial charge < -0.3 is 0 Å². The van der Waals surface area contributed by atoms with Gasteiger partial charge in [0.1, 0.15) is 0 Å². The molecule has 3 heteroatoms. The fourth-order valence-electron chi connectivity index (χ4n) is 3.20. The van der Waals surface area contributed by atoms with Gasteiger partial charge in [-0.25, -0.2) is 0 Å². The monoisotopic (exact) mass is 463 g/mol. The van der Waals surface area contributed by atoms with Crippen LogP contribution in [0.1, 0.15) is 0 Å². The van der Waals surface area contributed by atoms with Crippen molar-refractivity contribution in [3.05, 3.63) is 121 Å². The van der Waals surface area contributed by atoms with E-state index in [1.54, 1.807) is 0 Å². The molecule has 0 amide bonds. The summed E-state index contributed by atoms with van der Waals surface area (Å²) in [6, 6.07) is 43.6. The maximum atomic E-state index is 3.66. The van der Waals surface area contributed by atoms with Crippen molar-refractivity contribution in [1.82, 2.24) is 0 Å². The minimum atomic E-state index is -1.78. The third-order valence-electron chi connectivity index (χ3n) is 4.63. The summed E-state index contributed by atoms with van der Waals surface area (Å²) in [4.78, 5) is 0. The van der Waals surface area contributed by atoms with Crippen LogP contribution in [-0.4, -0.2) is 21.1 Å². The Morgan fingerprint density at radius 3 is 1.18 bits per heavy atom. The van der Waals surface area contributed by atoms with Crippen LogP contribution in [-0.2, 0) is 0 Å². The van der Waals surface area contributed by atoms with Gasteiger partial charge in [-0.05, 0) is 0 Å². The van der Waals surface area contributed by atoms with E-state index in [-0.39, 0.29) is 0 Å². The van der Waals surface area contributed by atoms with Crippen LogP contribution in [0, 0.1) is 0 Å². The average Bonchev–Trinajstić information content (AvgIpc) is 2.80. The van der Waals surface area contributed by atoms with Gasteiger partial charge in [-0.2, -0.15) is 0 Å². The van der Waals surface area contributed by atoms with E-state index < -0.39 is 13.5 Å². The Hall–Kier alpha value is -1.87. The van der Waals surface area contributed by atoms with Gasteiger partial charge in [0.25, 0.3) is 0 Å². The molecule has 0 spiro atoms. The molecule has 0 aliphatic heterocycles. The third kappa shape index (κ3) is 4.25. The molecule has 4 aromatic rings. The van der Waals surface area contributed by atoms with Crippen molar-refractivity contribution in [2.45, 2.75) is 0 Å². The molecule has 0 atom stereocenters. The van der Waals surface area contributed by atoms with Gasteiger partial charge in [0.2, 0.25) is 0 Å². The fourth-order valence-corrected chi connectivity index (χ4v) is 12.8. The summed E-state index contributed by atoms with van der Waals surface area (Å²) in [5, 5.41) is 5.52. The molecule has 0 aliphatic rings. The van der Waals surface area contributed by atoms with E-state index >= 15 is 0 Å². The molecule has 28 heavy (non-hydrogen) atoms. The molecule has 0 fully saturated rings. The van der Waals surface area contributed by atoms with Crippen LogP contribution in [0.25, 0.3) is 0 Å². The van der Waals surface area contributed by atoms with Gasteiger partial charge in [0, 0.05) is 0 Å². The molecule has 0 aliphatic carbocycles. The quantitative estimate of drug-likeness (QED) is 0.300. The second-order valence-corrected chi connectivity index (χ2v) is 15.2. The van der Waals surface area contributed by atoms with E-state index in [1.807, 2.05) is 0 Å². The van der Waals surface area contributed by atoms with Crippen molar-refractivity contribution in [2.24, 2.45) is 0 Å². The summed E-state index contributed by atoms with van der Waals surface area (Å²) >= 11 is 3.66. The predicted octanol–water partition coefficient (Wildman–Crippen LogP) is 4.63. The molecule has 0 bridgehead atoms. The van der Waals surface area contributed by atoms with Crippen LogP contribution in [0.3, 0.4) is 0 Å². The molecule has 0 N–H and O–H groups in total. The summed E-state index contributed by atoms with van der Waals surface area (Å²) in [7, 11) is -0.593. The van der Waals surface area contributed by atoms with Crippen molar-refractivity contribution in [3.63, 3.8) is 0 Å². The minimum absolute atomic E-state index is 0.593. The summed E-state index contributed by atoms with van der Waals surface area (Å²) in [5.41, 5.74) is 0.840. The molecule has 0 unspecified atom stereocenters. The first-order valence-corrected chi connectivity index (χ1v) is 14.7. The Labute approximate surface area is 176 Å². The molecule has 0 aromatic heterocycles. The van der Waals surface area contributed by atoms with Crippen LogP contribution in [0.15, 0.2) is 121 Å². The summed E-state index contributed by atoms with van der Waals surface area (Å²) in [5.74, 6) is 0. The number of hydrogen-bond donors (Lipinski definition) is 0. The number of hydrogen-bond acceptors (Lipinski definition) is 0. The fraction of sp³-hybridized carbons (Fsp3) is 0. The zero-order valence-electron chi connectivity index (χ0n) is 15.4. The second kappa shape index (κ2) is 9.09. The van der Waals surface area contributed by atoms with Crippen molar-refractivity contribution in [1.29, 1.82) is 0 Å². The van der Waals surface area contributed by atoms with Gasteiger partial charge in [0.15, 0.2) is 0 Å². The molecule has 0 saturated carbocycles. The van der Waals surface area contributed by atoms with Crippen LogP contribution in [0.2, 0.25) is 0 Å². The Morgan fingerprint density at radius 2 is 0.821 bits per heavy atom. The summed E-state index contributed by atoms with van der Waals surface area (Å²) < 4.78 is 0. The van der Waals surface area contributed by atoms with E-state index in [0.29, 0.717) is 0 Å². The van der Waals surface area contributed by atoms with Gasteiger partial charge in [-0.15, -0.1) is 0 Å². The zero-order chi connectivity index (χ0) is 19.2. The first kappa shape index (κ1) is 19.4. The first-order chi connectivity index (χ1) is 13.8. The Kier molecular flexibility index (Phi) is 6.31. The first-order valence-electron chi connectivity index (χ1n) is 9.24.